The molecule has 0 aromatic rings. The minimum absolute atomic E-state index is 0.437. The molecule has 9 fully saturated rings. The Kier molecular flexibility index (Phi) is 37.4. The summed E-state index contributed by atoms with van der Waals surface area (Å²) in [4.78, 5) is 0. The van der Waals surface area contributed by atoms with Crippen LogP contribution >= 0.6 is 0 Å². The van der Waals surface area contributed by atoms with Gasteiger partial charge in [-0.25, -0.2) is 0 Å². The molecule has 0 N–H and O–H groups in total. The zero-order valence-electron chi connectivity index (χ0n) is 64.2. The van der Waals surface area contributed by atoms with Crippen molar-refractivity contribution in [1.29, 1.82) is 0 Å². The maximum Gasteiger partial charge on any atom is -0.0297 e. The normalized spacial score (nSPS) is 30.9. The molecule has 9 rings (SSSR count). The Bertz CT molecular complexity index is 1470. The highest BCUT2D eigenvalue weighted by molar-refractivity contribution is 5.00. The van der Waals surface area contributed by atoms with Crippen molar-refractivity contribution in [3.63, 3.8) is 0 Å². The highest BCUT2D eigenvalue weighted by Gasteiger charge is 2.49. The van der Waals surface area contributed by atoms with E-state index in [-0.39, 0.29) is 0 Å². The molecule has 9 atom stereocenters. The molecule has 0 radical (unpaired) electrons. The molecule has 0 nitrogen and oxygen atoms in total. The Labute approximate surface area is 519 Å². The average molecular weight is 1140 g/mol. The van der Waals surface area contributed by atoms with Gasteiger partial charge in [-0.3, -0.25) is 0 Å². The largest absolute Gasteiger partial charge is 0.0651 e. The molecule has 0 amide bonds. The van der Waals surface area contributed by atoms with Crippen LogP contribution < -0.4 is 0 Å². The Hall–Kier alpha value is 0. The van der Waals surface area contributed by atoms with Gasteiger partial charge in [0.25, 0.3) is 0 Å². The van der Waals surface area contributed by atoms with Gasteiger partial charge >= 0.3 is 0 Å². The summed E-state index contributed by atoms with van der Waals surface area (Å²) < 4.78 is 0. The van der Waals surface area contributed by atoms with Gasteiger partial charge in [0, 0.05) is 0 Å². The molecule has 0 aromatic heterocycles. The topological polar surface area (TPSA) is 0 Å². The smallest absolute Gasteiger partial charge is 0.0297 e. The predicted octanol–water partition coefficient (Wildman–Crippen LogP) is 28.3. The van der Waals surface area contributed by atoms with E-state index in [1.54, 1.807) is 19.3 Å². The van der Waals surface area contributed by atoms with Gasteiger partial charge < -0.3 is 0 Å². The zero-order chi connectivity index (χ0) is 64.2. The van der Waals surface area contributed by atoms with Gasteiger partial charge in [0.05, 0.1) is 0 Å². The molecule has 0 spiro atoms. The summed E-state index contributed by atoms with van der Waals surface area (Å²) in [7, 11) is 0. The molecule has 0 aromatic carbocycles. The lowest BCUT2D eigenvalue weighted by Crippen LogP contribution is -2.31. The van der Waals surface area contributed by atoms with Crippen LogP contribution in [0.25, 0.3) is 0 Å². The first-order chi connectivity index (χ1) is 36.5. The van der Waals surface area contributed by atoms with Gasteiger partial charge in [0.1, 0.15) is 0 Å². The van der Waals surface area contributed by atoms with Crippen LogP contribution in [0, 0.1) is 150 Å². The maximum atomic E-state index is 2.44. The fourth-order valence-electron chi connectivity index (χ4n) is 11.7. The van der Waals surface area contributed by atoms with Crippen LogP contribution in [-0.2, 0) is 0 Å². The van der Waals surface area contributed by atoms with Crippen LogP contribution in [-0.4, -0.2) is 0 Å². The van der Waals surface area contributed by atoms with Crippen molar-refractivity contribution in [3.05, 3.63) is 0 Å². The van der Waals surface area contributed by atoms with E-state index in [1.807, 2.05) is 0 Å². The Morgan fingerprint density at radius 2 is 0.827 bits per heavy atom. The molecule has 0 heteroatoms. The quantitative estimate of drug-likeness (QED) is 0.227. The van der Waals surface area contributed by atoms with E-state index in [9.17, 15) is 0 Å². The third-order valence-corrected chi connectivity index (χ3v) is 25.4. The molecule has 9 aliphatic carbocycles. The lowest BCUT2D eigenvalue weighted by atomic mass is 9.64. The number of hydrogen-bond acceptors (Lipinski definition) is 0. The van der Waals surface area contributed by atoms with E-state index in [1.165, 1.54) is 108 Å². The van der Waals surface area contributed by atoms with Gasteiger partial charge in [-0.1, -0.05) is 275 Å². The third-order valence-electron chi connectivity index (χ3n) is 25.4. The Morgan fingerprint density at radius 3 is 0.864 bits per heavy atom. The fraction of sp³-hybridized carbons (Fsp3) is 1.00. The van der Waals surface area contributed by atoms with Gasteiger partial charge in [-0.2, -0.15) is 0 Å². The van der Waals surface area contributed by atoms with Crippen LogP contribution in [0.2, 0.25) is 0 Å². The van der Waals surface area contributed by atoms with Crippen LogP contribution in [0.5, 0.6) is 0 Å². The highest BCUT2D eigenvalue weighted by Crippen LogP contribution is 2.61. The molecule has 7 unspecified atom stereocenters. The zero-order valence-corrected chi connectivity index (χ0v) is 64.2. The first-order valence-electron chi connectivity index (χ1n) is 36.5. The van der Waals surface area contributed by atoms with Crippen molar-refractivity contribution in [1.82, 2.24) is 0 Å². The summed E-state index contributed by atoms with van der Waals surface area (Å²) in [6.07, 6.45) is 26.4. The standard InChI is InChI=1S/4C8H18.2C7H12.5C7H14/c1-7(2,3)8(4,5)6;1-6-7(2)8(3,4)5;1-6-8(4,5)7(2)3;1-6(2)8(5)7(3)4;1-7(4-5-7)6-2-3-6;1-5-4-7(5)6-2-3-6;1-6-4-7(2,3)5-6;1-6-4-5-7(6,2)3;2*1-5-4-6(2)7(5)3;1-3-7-4-6(2)5-7/h1-6H3;2*7H,6H2,1-5H3;6-8H,1-5H3;6H,2-5H2,1H3;5-7H,2-4H2,1H3;2*6H,4-5H2,1-3H3;2*5-7H,4H2,1-3H3;6-7H,3-5H2,1-2H3/t;;;;;5-,7?;;;5-,6?,7?;;/m.....0..0../s1. The van der Waals surface area contributed by atoms with Crippen LogP contribution in [0.3, 0.4) is 0 Å². The van der Waals surface area contributed by atoms with E-state index in [2.05, 4.69) is 256 Å². The molecule has 0 bridgehead atoms. The molecule has 490 valence electrons. The Morgan fingerprint density at radius 1 is 0.457 bits per heavy atom. The van der Waals surface area contributed by atoms with Crippen molar-refractivity contribution < 1.29 is 0 Å². The van der Waals surface area contributed by atoms with Crippen molar-refractivity contribution in [2.45, 2.75) is 372 Å². The molecular weight excluding hydrogens is 973 g/mol. The van der Waals surface area contributed by atoms with Crippen molar-refractivity contribution in [2.75, 3.05) is 0 Å². The van der Waals surface area contributed by atoms with Gasteiger partial charge in [0.15, 0.2) is 0 Å². The van der Waals surface area contributed by atoms with E-state index in [0.717, 1.165) is 106 Å². The molecular formula is C81H166. The van der Waals surface area contributed by atoms with Gasteiger partial charge in [-0.15, -0.1) is 0 Å². The molecule has 0 heterocycles. The van der Waals surface area contributed by atoms with E-state index in [0.29, 0.717) is 32.5 Å². The van der Waals surface area contributed by atoms with E-state index in [4.69, 9.17) is 0 Å². The second-order valence-electron chi connectivity index (χ2n) is 37.7. The SMILES string of the molecule is CC(C)(C)C(C)(C)C.CC(C)C(C)C(C)C.CC1(C2CC2)CC1.CC1CC(C)(C)C1.CC1CC(C)C1C.CC1CCC1(C)C.CC1C[C@H](C)C1C.CCC(C)(C)C(C)C.CCC(C)C(C)(C)C.CCC1CC(C)C1.C[C@H]1CC1C1CC1. The van der Waals surface area contributed by atoms with E-state index < -0.39 is 0 Å². The minimum Gasteiger partial charge on any atom is -0.0651 e. The van der Waals surface area contributed by atoms with Crippen LogP contribution in [0.4, 0.5) is 0 Å². The first-order valence-corrected chi connectivity index (χ1v) is 36.5. The summed E-state index contributed by atoms with van der Waals surface area (Å²) in [5.74, 6) is 19.0. The number of rotatable bonds is 8. The first kappa shape index (κ1) is 83.1. The van der Waals surface area contributed by atoms with Gasteiger partial charge in [-0.05, 0) is 247 Å². The molecule has 0 saturated heterocycles. The lowest BCUT2D eigenvalue weighted by molar-refractivity contribution is 0.0892. The second-order valence-corrected chi connectivity index (χ2v) is 37.7. The highest BCUT2D eigenvalue weighted by atomic mass is 14.5. The van der Waals surface area contributed by atoms with E-state index >= 15 is 0 Å². The van der Waals surface area contributed by atoms with Crippen molar-refractivity contribution >= 4 is 0 Å². The fourth-order valence-corrected chi connectivity index (χ4v) is 11.7. The summed E-state index contributed by atoms with van der Waals surface area (Å²) in [6.45, 7) is 85.5. The molecule has 0 aliphatic heterocycles. The summed E-state index contributed by atoms with van der Waals surface area (Å²) in [5.41, 5.74) is 4.16. The molecule has 81 heavy (non-hydrogen) atoms. The molecule has 9 saturated carbocycles. The van der Waals surface area contributed by atoms with Gasteiger partial charge in [0.2, 0.25) is 0 Å². The molecule has 9 aliphatic rings. The third kappa shape index (κ3) is 35.6. The lowest BCUT2D eigenvalue weighted by Gasteiger charge is -2.42. The summed E-state index contributed by atoms with van der Waals surface area (Å²) >= 11 is 0. The van der Waals surface area contributed by atoms with Crippen LogP contribution in [0.15, 0.2) is 0 Å². The summed E-state index contributed by atoms with van der Waals surface area (Å²) in [5, 5.41) is 0. The van der Waals surface area contributed by atoms with Crippen LogP contribution in [0.1, 0.15) is 372 Å². The Balaban J connectivity index is 0. The van der Waals surface area contributed by atoms with Crippen molar-refractivity contribution in [2.24, 2.45) is 150 Å². The number of hydrogen-bond donors (Lipinski definition) is 0. The summed E-state index contributed by atoms with van der Waals surface area (Å²) in [6, 6.07) is 0. The second kappa shape index (κ2) is 36.5. The average Bonchev–Trinajstić information content (AvgIpc) is 4.11. The minimum atomic E-state index is 0.437. The monoisotopic (exact) mass is 1140 g/mol. The maximum absolute atomic E-state index is 2.44. The predicted molar refractivity (Wildman–Crippen MR) is 376 cm³/mol. The van der Waals surface area contributed by atoms with Crippen molar-refractivity contribution in [3.8, 4) is 0 Å².